The number of nitrogens with one attached hydrogen (secondary N) is 1. The Kier molecular flexibility index (Phi) is 3.95. The zero-order valence-corrected chi connectivity index (χ0v) is 11.0. The van der Waals surface area contributed by atoms with Crippen LogP contribution in [0.15, 0.2) is 42.5 Å². The Hall–Kier alpha value is -2.16. The van der Waals surface area contributed by atoms with Crippen molar-refractivity contribution in [2.45, 2.75) is 20.4 Å². The van der Waals surface area contributed by atoms with E-state index in [0.717, 1.165) is 11.1 Å². The molecule has 3 heteroatoms. The molecule has 2 aromatic rings. The molecule has 1 amide bonds. The number of halogens is 1. The van der Waals surface area contributed by atoms with Gasteiger partial charge in [-0.2, -0.15) is 0 Å². The van der Waals surface area contributed by atoms with Gasteiger partial charge in [0.05, 0.1) is 0 Å². The van der Waals surface area contributed by atoms with Crippen molar-refractivity contribution >= 4 is 5.91 Å². The molecule has 0 saturated carbocycles. The molecular formula is C16H16FNO. The molecule has 0 unspecified atom stereocenters. The van der Waals surface area contributed by atoms with E-state index in [9.17, 15) is 9.18 Å². The molecule has 0 aromatic heterocycles. The van der Waals surface area contributed by atoms with Gasteiger partial charge < -0.3 is 5.32 Å². The molecule has 0 radical (unpaired) electrons. The summed E-state index contributed by atoms with van der Waals surface area (Å²) in [5.74, 6) is -0.506. The molecule has 98 valence electrons. The summed E-state index contributed by atoms with van der Waals surface area (Å²) in [5, 5.41) is 2.85. The normalized spacial score (nSPS) is 10.3. The van der Waals surface area contributed by atoms with Crippen molar-refractivity contribution in [3.05, 3.63) is 70.5 Å². The van der Waals surface area contributed by atoms with E-state index < -0.39 is 0 Å². The quantitative estimate of drug-likeness (QED) is 0.897. The van der Waals surface area contributed by atoms with Gasteiger partial charge in [0.2, 0.25) is 0 Å². The van der Waals surface area contributed by atoms with Gasteiger partial charge in [-0.3, -0.25) is 4.79 Å². The van der Waals surface area contributed by atoms with Crippen LogP contribution in [0.25, 0.3) is 0 Å². The van der Waals surface area contributed by atoms with Crippen LogP contribution < -0.4 is 5.32 Å². The van der Waals surface area contributed by atoms with Crippen LogP contribution in [0.4, 0.5) is 4.39 Å². The molecule has 2 nitrogen and oxygen atoms in total. The summed E-state index contributed by atoms with van der Waals surface area (Å²) < 4.78 is 13.0. The predicted octanol–water partition coefficient (Wildman–Crippen LogP) is 3.37. The van der Waals surface area contributed by atoms with Gasteiger partial charge in [-0.05, 0) is 48.7 Å². The lowest BCUT2D eigenvalue weighted by atomic mass is 10.1. The molecule has 2 rings (SSSR count). The fourth-order valence-electron chi connectivity index (χ4n) is 1.96. The average molecular weight is 257 g/mol. The highest BCUT2D eigenvalue weighted by atomic mass is 19.1. The highest BCUT2D eigenvalue weighted by Gasteiger charge is 2.09. The first-order valence-electron chi connectivity index (χ1n) is 6.17. The third-order valence-electron chi connectivity index (χ3n) is 3.13. The average Bonchev–Trinajstić information content (AvgIpc) is 2.37. The van der Waals surface area contributed by atoms with E-state index in [0.29, 0.717) is 17.7 Å². The molecule has 0 heterocycles. The number of rotatable bonds is 3. The van der Waals surface area contributed by atoms with Crippen molar-refractivity contribution in [1.82, 2.24) is 5.32 Å². The van der Waals surface area contributed by atoms with Gasteiger partial charge >= 0.3 is 0 Å². The fraction of sp³-hybridized carbons (Fsp3) is 0.188. The summed E-state index contributed by atoms with van der Waals surface area (Å²) in [4.78, 5) is 12.0. The number of aryl methyl sites for hydroxylation is 2. The highest BCUT2D eigenvalue weighted by Crippen LogP contribution is 2.11. The largest absolute Gasteiger partial charge is 0.348 e. The van der Waals surface area contributed by atoms with Crippen LogP contribution >= 0.6 is 0 Å². The van der Waals surface area contributed by atoms with Gasteiger partial charge in [0, 0.05) is 12.1 Å². The minimum absolute atomic E-state index is 0.180. The lowest BCUT2D eigenvalue weighted by Gasteiger charge is -2.09. The molecule has 0 atom stereocenters. The summed E-state index contributed by atoms with van der Waals surface area (Å²) in [6, 6.07) is 12.1. The molecule has 0 spiro atoms. The maximum atomic E-state index is 13.0. The molecule has 0 saturated heterocycles. The van der Waals surface area contributed by atoms with Crippen LogP contribution in [0.5, 0.6) is 0 Å². The molecule has 0 bridgehead atoms. The Morgan fingerprint density at radius 3 is 2.53 bits per heavy atom. The molecule has 0 aliphatic carbocycles. The maximum absolute atomic E-state index is 13.0. The second kappa shape index (κ2) is 5.65. The van der Waals surface area contributed by atoms with Crippen molar-refractivity contribution < 1.29 is 9.18 Å². The van der Waals surface area contributed by atoms with Gasteiger partial charge in [0.1, 0.15) is 5.82 Å². The van der Waals surface area contributed by atoms with E-state index in [2.05, 4.69) is 5.32 Å². The molecule has 0 aliphatic heterocycles. The highest BCUT2D eigenvalue weighted by molar-refractivity contribution is 5.95. The second-order valence-corrected chi connectivity index (χ2v) is 4.57. The van der Waals surface area contributed by atoms with Gasteiger partial charge in [-0.1, -0.05) is 24.3 Å². The Morgan fingerprint density at radius 2 is 1.84 bits per heavy atom. The molecule has 19 heavy (non-hydrogen) atoms. The summed E-state index contributed by atoms with van der Waals surface area (Å²) in [6.45, 7) is 4.21. The Morgan fingerprint density at radius 1 is 1.11 bits per heavy atom. The summed E-state index contributed by atoms with van der Waals surface area (Å²) >= 11 is 0. The van der Waals surface area contributed by atoms with Crippen LogP contribution in [0.1, 0.15) is 27.0 Å². The monoisotopic (exact) mass is 257 g/mol. The molecular weight excluding hydrogens is 241 g/mol. The van der Waals surface area contributed by atoms with E-state index in [1.54, 1.807) is 6.92 Å². The van der Waals surface area contributed by atoms with Crippen molar-refractivity contribution in [1.29, 1.82) is 0 Å². The number of amides is 1. The molecule has 0 fully saturated rings. The Labute approximate surface area is 112 Å². The smallest absolute Gasteiger partial charge is 0.251 e. The lowest BCUT2D eigenvalue weighted by molar-refractivity contribution is 0.0950. The van der Waals surface area contributed by atoms with Crippen molar-refractivity contribution in [3.8, 4) is 0 Å². The number of benzene rings is 2. The topological polar surface area (TPSA) is 29.1 Å². The first kappa shape index (κ1) is 13.3. The fourth-order valence-corrected chi connectivity index (χ4v) is 1.96. The number of hydrogen-bond donors (Lipinski definition) is 1. The zero-order chi connectivity index (χ0) is 13.8. The summed E-state index contributed by atoms with van der Waals surface area (Å²) in [5.41, 5.74) is 3.37. The van der Waals surface area contributed by atoms with E-state index >= 15 is 0 Å². The Bertz CT molecular complexity index is 607. The Balaban J connectivity index is 2.08. The van der Waals surface area contributed by atoms with Crippen molar-refractivity contribution in [3.63, 3.8) is 0 Å². The van der Waals surface area contributed by atoms with Crippen LogP contribution in [0.3, 0.4) is 0 Å². The third-order valence-corrected chi connectivity index (χ3v) is 3.13. The molecule has 2 aromatic carbocycles. The standard InChI is InChI=1S/C16H16FNO/c1-11-5-3-4-6-13(11)10-18-16(19)15-8-7-14(17)9-12(15)2/h3-9H,10H2,1-2H3,(H,18,19). The van der Waals surface area contributed by atoms with Crippen LogP contribution in [-0.2, 0) is 6.54 Å². The van der Waals surface area contributed by atoms with Gasteiger partial charge in [-0.25, -0.2) is 4.39 Å². The maximum Gasteiger partial charge on any atom is 0.251 e. The van der Waals surface area contributed by atoms with Crippen LogP contribution in [0, 0.1) is 19.7 Å². The SMILES string of the molecule is Cc1ccccc1CNC(=O)c1ccc(F)cc1C. The van der Waals surface area contributed by atoms with Crippen LogP contribution in [-0.4, -0.2) is 5.91 Å². The third kappa shape index (κ3) is 3.19. The van der Waals surface area contributed by atoms with E-state index in [1.807, 2.05) is 31.2 Å². The van der Waals surface area contributed by atoms with E-state index in [-0.39, 0.29) is 11.7 Å². The summed E-state index contributed by atoms with van der Waals surface area (Å²) in [7, 11) is 0. The summed E-state index contributed by atoms with van der Waals surface area (Å²) in [6.07, 6.45) is 0. The van der Waals surface area contributed by atoms with Gasteiger partial charge in [0.25, 0.3) is 5.91 Å². The van der Waals surface area contributed by atoms with Crippen molar-refractivity contribution in [2.75, 3.05) is 0 Å². The minimum atomic E-state index is -0.326. The minimum Gasteiger partial charge on any atom is -0.348 e. The van der Waals surface area contributed by atoms with Crippen molar-refractivity contribution in [2.24, 2.45) is 0 Å². The van der Waals surface area contributed by atoms with E-state index in [1.165, 1.54) is 18.2 Å². The van der Waals surface area contributed by atoms with Crippen LogP contribution in [0.2, 0.25) is 0 Å². The first-order valence-corrected chi connectivity index (χ1v) is 6.17. The molecule has 0 aliphatic rings. The van der Waals surface area contributed by atoms with Gasteiger partial charge in [-0.15, -0.1) is 0 Å². The number of carbonyl (C=O) groups excluding carboxylic acids is 1. The predicted molar refractivity (Wildman–Crippen MR) is 73.5 cm³/mol. The lowest BCUT2D eigenvalue weighted by Crippen LogP contribution is -2.24. The number of carbonyl (C=O) groups is 1. The second-order valence-electron chi connectivity index (χ2n) is 4.57. The zero-order valence-electron chi connectivity index (χ0n) is 11.0. The van der Waals surface area contributed by atoms with Gasteiger partial charge in [0.15, 0.2) is 0 Å². The number of hydrogen-bond acceptors (Lipinski definition) is 1. The molecule has 1 N–H and O–H groups in total. The van der Waals surface area contributed by atoms with E-state index in [4.69, 9.17) is 0 Å². The first-order chi connectivity index (χ1) is 9.08.